The zero-order valence-corrected chi connectivity index (χ0v) is 12.7. The van der Waals surface area contributed by atoms with Crippen molar-refractivity contribution in [1.82, 2.24) is 0 Å². The van der Waals surface area contributed by atoms with Crippen LogP contribution < -0.4 is 9.47 Å². The monoisotopic (exact) mass is 316 g/mol. The summed E-state index contributed by atoms with van der Waals surface area (Å²) in [5.41, 5.74) is 0.525. The second-order valence-electron chi connectivity index (χ2n) is 4.80. The van der Waals surface area contributed by atoms with Crippen LogP contribution in [-0.2, 0) is 0 Å². The van der Waals surface area contributed by atoms with E-state index in [0.29, 0.717) is 0 Å². The Kier molecular flexibility index (Phi) is 4.85. The first kappa shape index (κ1) is 16.4. The van der Waals surface area contributed by atoms with E-state index in [1.165, 1.54) is 50.6 Å². The fourth-order valence-corrected chi connectivity index (χ4v) is 2.05. The molecular formula is C17H16O6. The maximum absolute atomic E-state index is 12.2. The van der Waals surface area contributed by atoms with E-state index in [1.807, 2.05) is 0 Å². The van der Waals surface area contributed by atoms with Gasteiger partial charge in [-0.25, -0.2) is 0 Å². The number of hydrogen-bond acceptors (Lipinski definition) is 6. The number of ketones is 2. The molecule has 0 aliphatic rings. The van der Waals surface area contributed by atoms with Crippen molar-refractivity contribution in [3.63, 3.8) is 0 Å². The summed E-state index contributed by atoms with van der Waals surface area (Å²) in [5.74, 6) is -0.651. The summed E-state index contributed by atoms with van der Waals surface area (Å²) in [6, 6.07) is 8.26. The Labute approximate surface area is 132 Å². The number of benzene rings is 2. The van der Waals surface area contributed by atoms with Gasteiger partial charge in [0.05, 0.1) is 20.6 Å². The van der Waals surface area contributed by atoms with Crippen LogP contribution >= 0.6 is 0 Å². The SMILES string of the molecule is COc1cc(C(=O)CC(=O)c2ccc(O)c(OC)c2)ccc1O. The number of phenolic OH excluding ortho intramolecular Hbond substituents is 2. The molecule has 0 saturated carbocycles. The lowest BCUT2D eigenvalue weighted by molar-refractivity contribution is 0.0894. The zero-order valence-electron chi connectivity index (χ0n) is 12.7. The van der Waals surface area contributed by atoms with Gasteiger partial charge in [-0.3, -0.25) is 9.59 Å². The highest BCUT2D eigenvalue weighted by molar-refractivity contribution is 6.13. The van der Waals surface area contributed by atoms with E-state index in [4.69, 9.17) is 9.47 Å². The summed E-state index contributed by atoms with van der Waals surface area (Å²) < 4.78 is 9.87. The third-order valence-electron chi connectivity index (χ3n) is 3.32. The Morgan fingerprint density at radius 3 is 1.57 bits per heavy atom. The number of carbonyl (C=O) groups is 2. The Hall–Kier alpha value is -3.02. The van der Waals surface area contributed by atoms with Crippen molar-refractivity contribution in [1.29, 1.82) is 0 Å². The Balaban J connectivity index is 2.18. The zero-order chi connectivity index (χ0) is 17.0. The Morgan fingerprint density at radius 2 is 1.22 bits per heavy atom. The number of Topliss-reactive ketones (excluding diaryl/α,β-unsaturated/α-hetero) is 2. The minimum atomic E-state index is -0.402. The van der Waals surface area contributed by atoms with Crippen LogP contribution in [0.3, 0.4) is 0 Å². The Morgan fingerprint density at radius 1 is 0.826 bits per heavy atom. The number of methoxy groups -OCH3 is 2. The van der Waals surface area contributed by atoms with Gasteiger partial charge in [0.15, 0.2) is 34.6 Å². The molecule has 120 valence electrons. The van der Waals surface area contributed by atoms with Crippen LogP contribution in [0.25, 0.3) is 0 Å². The number of aromatic hydroxyl groups is 2. The van der Waals surface area contributed by atoms with Crippen LogP contribution in [0.1, 0.15) is 27.1 Å². The summed E-state index contributed by atoms with van der Waals surface area (Å²) in [7, 11) is 2.74. The molecule has 0 amide bonds. The van der Waals surface area contributed by atoms with Gasteiger partial charge in [0.25, 0.3) is 0 Å². The third kappa shape index (κ3) is 3.60. The topological polar surface area (TPSA) is 93.1 Å². The minimum Gasteiger partial charge on any atom is -0.504 e. The number of ether oxygens (including phenoxy) is 2. The standard InChI is InChI=1S/C17H16O6/c1-22-16-7-10(3-5-12(16)18)14(20)9-15(21)11-4-6-13(19)17(8-11)23-2/h3-8,18-19H,9H2,1-2H3. The smallest absolute Gasteiger partial charge is 0.170 e. The van der Waals surface area contributed by atoms with Crippen LogP contribution in [-0.4, -0.2) is 36.0 Å². The first-order chi connectivity index (χ1) is 11.0. The van der Waals surface area contributed by atoms with Crippen molar-refractivity contribution >= 4 is 11.6 Å². The van der Waals surface area contributed by atoms with Crippen LogP contribution in [0.4, 0.5) is 0 Å². The highest BCUT2D eigenvalue weighted by atomic mass is 16.5. The molecule has 2 N–H and O–H groups in total. The summed E-state index contributed by atoms with van der Waals surface area (Å²) in [4.78, 5) is 24.4. The van der Waals surface area contributed by atoms with Gasteiger partial charge in [-0.1, -0.05) is 0 Å². The molecule has 6 heteroatoms. The molecule has 0 aromatic heterocycles. The second kappa shape index (κ2) is 6.83. The predicted molar refractivity (Wildman–Crippen MR) is 82.6 cm³/mol. The molecule has 0 radical (unpaired) electrons. The second-order valence-corrected chi connectivity index (χ2v) is 4.80. The summed E-state index contributed by atoms with van der Waals surface area (Å²) in [6.07, 6.45) is -0.345. The molecule has 23 heavy (non-hydrogen) atoms. The van der Waals surface area contributed by atoms with Crippen molar-refractivity contribution in [2.24, 2.45) is 0 Å². The molecule has 0 aliphatic carbocycles. The Bertz CT molecular complexity index is 687. The lowest BCUT2D eigenvalue weighted by Gasteiger charge is -2.07. The third-order valence-corrected chi connectivity index (χ3v) is 3.32. The molecule has 0 aliphatic heterocycles. The minimum absolute atomic E-state index is 0.0846. The van der Waals surface area contributed by atoms with Gasteiger partial charge in [-0.05, 0) is 36.4 Å². The van der Waals surface area contributed by atoms with Gasteiger partial charge in [0.2, 0.25) is 0 Å². The predicted octanol–water partition coefficient (Wildman–Crippen LogP) is 2.57. The molecule has 2 aromatic carbocycles. The summed E-state index contributed by atoms with van der Waals surface area (Å²) >= 11 is 0. The van der Waals surface area contributed by atoms with Gasteiger partial charge < -0.3 is 19.7 Å². The number of carbonyl (C=O) groups excluding carboxylic acids is 2. The molecule has 0 unspecified atom stereocenters. The van der Waals surface area contributed by atoms with E-state index in [2.05, 4.69) is 0 Å². The van der Waals surface area contributed by atoms with Crippen LogP contribution in [0.5, 0.6) is 23.0 Å². The van der Waals surface area contributed by atoms with Crippen LogP contribution in [0.2, 0.25) is 0 Å². The molecule has 0 heterocycles. The van der Waals surface area contributed by atoms with Crippen molar-refractivity contribution < 1.29 is 29.3 Å². The highest BCUT2D eigenvalue weighted by Gasteiger charge is 2.17. The van der Waals surface area contributed by atoms with E-state index in [1.54, 1.807) is 0 Å². The fraction of sp³-hybridized carbons (Fsp3) is 0.176. The molecule has 0 fully saturated rings. The van der Waals surface area contributed by atoms with Gasteiger partial charge in [-0.15, -0.1) is 0 Å². The maximum atomic E-state index is 12.2. The van der Waals surface area contributed by atoms with Crippen molar-refractivity contribution in [2.45, 2.75) is 6.42 Å². The normalized spacial score (nSPS) is 10.2. The first-order valence-corrected chi connectivity index (χ1v) is 6.76. The summed E-state index contributed by atoms with van der Waals surface area (Å²) in [5, 5.41) is 19.0. The average Bonchev–Trinajstić information content (AvgIpc) is 2.55. The molecule has 0 saturated heterocycles. The molecule has 0 bridgehead atoms. The quantitative estimate of drug-likeness (QED) is 0.628. The number of rotatable bonds is 6. The van der Waals surface area contributed by atoms with Gasteiger partial charge in [0.1, 0.15) is 0 Å². The maximum Gasteiger partial charge on any atom is 0.170 e. The van der Waals surface area contributed by atoms with E-state index in [-0.39, 0.29) is 40.5 Å². The van der Waals surface area contributed by atoms with E-state index >= 15 is 0 Å². The van der Waals surface area contributed by atoms with E-state index < -0.39 is 11.6 Å². The van der Waals surface area contributed by atoms with Gasteiger partial charge in [-0.2, -0.15) is 0 Å². The largest absolute Gasteiger partial charge is 0.504 e. The van der Waals surface area contributed by atoms with E-state index in [9.17, 15) is 19.8 Å². The number of hydrogen-bond donors (Lipinski definition) is 2. The van der Waals surface area contributed by atoms with Gasteiger partial charge >= 0.3 is 0 Å². The number of phenols is 2. The fourth-order valence-electron chi connectivity index (χ4n) is 2.05. The van der Waals surface area contributed by atoms with E-state index in [0.717, 1.165) is 0 Å². The first-order valence-electron chi connectivity index (χ1n) is 6.76. The van der Waals surface area contributed by atoms with Crippen molar-refractivity contribution in [2.75, 3.05) is 14.2 Å². The van der Waals surface area contributed by atoms with Crippen LogP contribution in [0.15, 0.2) is 36.4 Å². The van der Waals surface area contributed by atoms with Gasteiger partial charge in [0, 0.05) is 11.1 Å². The molecule has 2 rings (SSSR count). The molecular weight excluding hydrogens is 300 g/mol. The van der Waals surface area contributed by atoms with Crippen molar-refractivity contribution in [3.05, 3.63) is 47.5 Å². The molecule has 0 atom stereocenters. The summed E-state index contributed by atoms with van der Waals surface area (Å²) in [6.45, 7) is 0. The highest BCUT2D eigenvalue weighted by Crippen LogP contribution is 2.28. The molecule has 2 aromatic rings. The lowest BCUT2D eigenvalue weighted by Crippen LogP contribution is -2.09. The molecule has 6 nitrogen and oxygen atoms in total. The van der Waals surface area contributed by atoms with Crippen molar-refractivity contribution in [3.8, 4) is 23.0 Å². The average molecular weight is 316 g/mol. The molecule has 0 spiro atoms. The lowest BCUT2D eigenvalue weighted by atomic mass is 10.0. The van der Waals surface area contributed by atoms with Crippen LogP contribution in [0, 0.1) is 0 Å².